The minimum atomic E-state index is -0.185. The molecule has 0 radical (unpaired) electrons. The van der Waals surface area contributed by atoms with Gasteiger partial charge in [-0.3, -0.25) is 9.59 Å². The number of hydrogen-bond acceptors (Lipinski definition) is 2. The summed E-state index contributed by atoms with van der Waals surface area (Å²) in [5.74, 6) is 0.0800. The van der Waals surface area contributed by atoms with E-state index in [1.54, 1.807) is 0 Å². The van der Waals surface area contributed by atoms with E-state index in [-0.39, 0.29) is 24.3 Å². The third-order valence-corrected chi connectivity index (χ3v) is 3.97. The van der Waals surface area contributed by atoms with E-state index in [0.717, 1.165) is 29.7 Å². The second-order valence-corrected chi connectivity index (χ2v) is 5.97. The molecule has 1 rings (SSSR count). The molecule has 0 fully saturated rings. The van der Waals surface area contributed by atoms with Gasteiger partial charge in [-0.25, -0.2) is 0 Å². The van der Waals surface area contributed by atoms with Gasteiger partial charge in [-0.05, 0) is 36.8 Å². The van der Waals surface area contributed by atoms with Gasteiger partial charge in [-0.1, -0.05) is 45.9 Å². The maximum atomic E-state index is 12.1. The van der Waals surface area contributed by atoms with Crippen molar-refractivity contribution in [2.45, 2.75) is 53.4 Å². The molecule has 0 aliphatic rings. The summed E-state index contributed by atoms with van der Waals surface area (Å²) in [5.41, 5.74) is 3.00. The van der Waals surface area contributed by atoms with Crippen molar-refractivity contribution in [2.24, 2.45) is 5.92 Å². The molecule has 0 saturated heterocycles. The highest BCUT2D eigenvalue weighted by Gasteiger charge is 2.16. The van der Waals surface area contributed by atoms with Crippen LogP contribution in [0.1, 0.15) is 57.6 Å². The van der Waals surface area contributed by atoms with Gasteiger partial charge in [0.05, 0.1) is 6.54 Å². The number of amides is 2. The number of carbonyl (C=O) groups excluding carboxylic acids is 2. The second kappa shape index (κ2) is 8.57. The molecule has 0 aliphatic heterocycles. The highest BCUT2D eigenvalue weighted by atomic mass is 16.2. The number of anilines is 1. The molecule has 122 valence electrons. The molecule has 22 heavy (non-hydrogen) atoms. The lowest BCUT2D eigenvalue weighted by atomic mass is 9.98. The first-order valence-corrected chi connectivity index (χ1v) is 8.07. The Morgan fingerprint density at radius 2 is 1.77 bits per heavy atom. The summed E-state index contributed by atoms with van der Waals surface area (Å²) in [6, 6.07) is 6.00. The van der Waals surface area contributed by atoms with Crippen molar-refractivity contribution in [3.8, 4) is 0 Å². The molecule has 4 nitrogen and oxygen atoms in total. The van der Waals surface area contributed by atoms with Crippen molar-refractivity contribution >= 4 is 17.5 Å². The fraction of sp³-hybridized carbons (Fsp3) is 0.556. The van der Waals surface area contributed by atoms with Crippen LogP contribution in [0.15, 0.2) is 18.2 Å². The van der Waals surface area contributed by atoms with Crippen LogP contribution in [0.2, 0.25) is 0 Å². The fourth-order valence-corrected chi connectivity index (χ4v) is 2.50. The number of carbonyl (C=O) groups is 2. The summed E-state index contributed by atoms with van der Waals surface area (Å²) in [4.78, 5) is 24.0. The Morgan fingerprint density at radius 3 is 2.32 bits per heavy atom. The Hall–Kier alpha value is -1.84. The van der Waals surface area contributed by atoms with E-state index in [1.807, 2.05) is 39.0 Å². The highest BCUT2D eigenvalue weighted by molar-refractivity contribution is 5.96. The monoisotopic (exact) mass is 304 g/mol. The molecule has 1 aromatic carbocycles. The minimum Gasteiger partial charge on any atom is -0.347 e. The van der Waals surface area contributed by atoms with Crippen molar-refractivity contribution in [3.05, 3.63) is 29.3 Å². The third kappa shape index (κ3) is 4.86. The largest absolute Gasteiger partial charge is 0.347 e. The summed E-state index contributed by atoms with van der Waals surface area (Å²) in [5, 5.41) is 5.66. The third-order valence-electron chi connectivity index (χ3n) is 3.97. The average molecular weight is 304 g/mol. The lowest BCUT2D eigenvalue weighted by molar-refractivity contribution is -0.127. The quantitative estimate of drug-likeness (QED) is 0.808. The van der Waals surface area contributed by atoms with Gasteiger partial charge >= 0.3 is 0 Å². The molecule has 0 atom stereocenters. The molecule has 0 spiro atoms. The van der Waals surface area contributed by atoms with Crippen LogP contribution in [0, 0.1) is 12.8 Å². The molecule has 0 unspecified atom stereocenters. The second-order valence-electron chi connectivity index (χ2n) is 5.97. The number of aryl methyl sites for hydroxylation is 1. The molecule has 0 aromatic heterocycles. The molecule has 1 aromatic rings. The van der Waals surface area contributed by atoms with Crippen molar-refractivity contribution in [2.75, 3.05) is 11.9 Å². The van der Waals surface area contributed by atoms with Gasteiger partial charge in [-0.15, -0.1) is 0 Å². The van der Waals surface area contributed by atoms with E-state index < -0.39 is 0 Å². The van der Waals surface area contributed by atoms with Crippen LogP contribution in [0.4, 0.5) is 5.69 Å². The standard InChI is InChI=1S/C18H28N2O2/c1-6-14(7-2)18(22)19-11-16(21)20-17-13(5)9-8-10-15(17)12(3)4/h8-10,12,14H,6-7,11H2,1-5H3,(H,19,22)(H,20,21). The number of rotatable bonds is 7. The predicted molar refractivity (Wildman–Crippen MR) is 91.0 cm³/mol. The highest BCUT2D eigenvalue weighted by Crippen LogP contribution is 2.27. The lowest BCUT2D eigenvalue weighted by Gasteiger charge is -2.17. The van der Waals surface area contributed by atoms with Gasteiger partial charge in [0.15, 0.2) is 0 Å². The van der Waals surface area contributed by atoms with Crippen molar-refractivity contribution in [1.29, 1.82) is 0 Å². The summed E-state index contributed by atoms with van der Waals surface area (Å²) in [6.45, 7) is 10.1. The summed E-state index contributed by atoms with van der Waals surface area (Å²) in [7, 11) is 0. The zero-order chi connectivity index (χ0) is 16.7. The Balaban J connectivity index is 2.69. The van der Waals surface area contributed by atoms with E-state index >= 15 is 0 Å². The predicted octanol–water partition coefficient (Wildman–Crippen LogP) is 3.61. The van der Waals surface area contributed by atoms with Gasteiger partial charge < -0.3 is 10.6 Å². The van der Waals surface area contributed by atoms with E-state index in [2.05, 4.69) is 24.5 Å². The van der Waals surface area contributed by atoms with E-state index in [0.29, 0.717) is 5.92 Å². The number of para-hydroxylation sites is 1. The van der Waals surface area contributed by atoms with Crippen LogP contribution in [0.25, 0.3) is 0 Å². The molecule has 2 amide bonds. The van der Waals surface area contributed by atoms with Gasteiger partial charge in [0.25, 0.3) is 0 Å². The van der Waals surface area contributed by atoms with Crippen LogP contribution in [0.3, 0.4) is 0 Å². The number of hydrogen-bond donors (Lipinski definition) is 2. The maximum absolute atomic E-state index is 12.1. The van der Waals surface area contributed by atoms with Crippen molar-refractivity contribution < 1.29 is 9.59 Å². The van der Waals surface area contributed by atoms with E-state index in [1.165, 1.54) is 0 Å². The number of nitrogens with one attached hydrogen (secondary N) is 2. The minimum absolute atomic E-state index is 0.0151. The summed E-state index contributed by atoms with van der Waals surface area (Å²) in [6.07, 6.45) is 1.58. The molecule has 4 heteroatoms. The summed E-state index contributed by atoms with van der Waals surface area (Å²) >= 11 is 0. The van der Waals surface area contributed by atoms with Gasteiger partial charge in [0.2, 0.25) is 11.8 Å². The molecule has 0 saturated carbocycles. The zero-order valence-corrected chi connectivity index (χ0v) is 14.3. The Morgan fingerprint density at radius 1 is 1.14 bits per heavy atom. The Bertz CT molecular complexity index is 520. The van der Waals surface area contributed by atoms with E-state index in [4.69, 9.17) is 0 Å². The first-order chi connectivity index (χ1) is 10.4. The molecule has 0 bridgehead atoms. The SMILES string of the molecule is CCC(CC)C(=O)NCC(=O)Nc1c(C)cccc1C(C)C. The van der Waals surface area contributed by atoms with Crippen LogP contribution >= 0.6 is 0 Å². The van der Waals surface area contributed by atoms with Crippen molar-refractivity contribution in [1.82, 2.24) is 5.32 Å². The normalized spacial score (nSPS) is 10.9. The molecular formula is C18H28N2O2. The first kappa shape index (κ1) is 18.2. The van der Waals surface area contributed by atoms with Crippen LogP contribution in [-0.4, -0.2) is 18.4 Å². The molecular weight excluding hydrogens is 276 g/mol. The Kier molecular flexibility index (Phi) is 7.09. The molecule has 0 aliphatic carbocycles. The average Bonchev–Trinajstić information content (AvgIpc) is 2.48. The molecule has 2 N–H and O–H groups in total. The van der Waals surface area contributed by atoms with Gasteiger partial charge in [-0.2, -0.15) is 0 Å². The topological polar surface area (TPSA) is 58.2 Å². The van der Waals surface area contributed by atoms with E-state index in [9.17, 15) is 9.59 Å². The summed E-state index contributed by atoms with van der Waals surface area (Å²) < 4.78 is 0. The molecule has 0 heterocycles. The van der Waals surface area contributed by atoms with Crippen LogP contribution in [-0.2, 0) is 9.59 Å². The Labute approximate surface area is 133 Å². The zero-order valence-electron chi connectivity index (χ0n) is 14.3. The van der Waals surface area contributed by atoms with Crippen molar-refractivity contribution in [3.63, 3.8) is 0 Å². The van der Waals surface area contributed by atoms with Crippen LogP contribution in [0.5, 0.6) is 0 Å². The fourth-order valence-electron chi connectivity index (χ4n) is 2.50. The van der Waals surface area contributed by atoms with Gasteiger partial charge in [0, 0.05) is 11.6 Å². The maximum Gasteiger partial charge on any atom is 0.243 e. The van der Waals surface area contributed by atoms with Crippen LogP contribution < -0.4 is 10.6 Å². The first-order valence-electron chi connectivity index (χ1n) is 8.07. The lowest BCUT2D eigenvalue weighted by Crippen LogP contribution is -2.36. The smallest absolute Gasteiger partial charge is 0.243 e. The van der Waals surface area contributed by atoms with Gasteiger partial charge in [0.1, 0.15) is 0 Å². The number of benzene rings is 1.